The molecular formula is C15H15ClINO2. The molecule has 0 saturated carbocycles. The first-order valence-corrected chi connectivity index (χ1v) is 7.45. The fourth-order valence-corrected chi connectivity index (χ4v) is 2.85. The Hall–Kier alpha value is -0.980. The van der Waals surface area contributed by atoms with Crippen molar-refractivity contribution in [3.05, 3.63) is 56.1 Å². The molecule has 20 heavy (non-hydrogen) atoms. The van der Waals surface area contributed by atoms with E-state index in [1.807, 2.05) is 36.4 Å². The van der Waals surface area contributed by atoms with Crippen molar-refractivity contribution in [1.29, 1.82) is 0 Å². The van der Waals surface area contributed by atoms with E-state index in [1.165, 1.54) is 0 Å². The number of methoxy groups -OCH3 is 2. The highest BCUT2D eigenvalue weighted by atomic mass is 127. The van der Waals surface area contributed by atoms with Gasteiger partial charge in [-0.05, 0) is 64.6 Å². The van der Waals surface area contributed by atoms with Crippen LogP contribution in [0.3, 0.4) is 0 Å². The second-order valence-electron chi connectivity index (χ2n) is 4.25. The van der Waals surface area contributed by atoms with Gasteiger partial charge in [0.25, 0.3) is 0 Å². The fraction of sp³-hybridized carbons (Fsp3) is 0.200. The number of hydrogen-bond donors (Lipinski definition) is 1. The van der Waals surface area contributed by atoms with Crippen LogP contribution in [-0.4, -0.2) is 14.2 Å². The number of hydrogen-bond acceptors (Lipinski definition) is 3. The third-order valence-electron chi connectivity index (χ3n) is 3.07. The van der Waals surface area contributed by atoms with Crippen LogP contribution >= 0.6 is 34.2 Å². The molecule has 0 aliphatic rings. The largest absolute Gasteiger partial charge is 0.497 e. The predicted octanol–water partition coefficient (Wildman–Crippen LogP) is 4.01. The van der Waals surface area contributed by atoms with E-state index in [1.54, 1.807) is 14.2 Å². The zero-order chi connectivity index (χ0) is 14.7. The van der Waals surface area contributed by atoms with Crippen LogP contribution in [0.2, 0.25) is 5.02 Å². The molecule has 1 unspecified atom stereocenters. The van der Waals surface area contributed by atoms with Gasteiger partial charge in [0, 0.05) is 14.2 Å². The van der Waals surface area contributed by atoms with Gasteiger partial charge in [-0.3, -0.25) is 0 Å². The van der Waals surface area contributed by atoms with E-state index in [9.17, 15) is 0 Å². The number of halogens is 2. The van der Waals surface area contributed by atoms with Crippen molar-refractivity contribution in [3.8, 4) is 11.5 Å². The monoisotopic (exact) mass is 403 g/mol. The Balaban J connectivity index is 2.51. The van der Waals surface area contributed by atoms with Gasteiger partial charge in [-0.2, -0.15) is 0 Å². The summed E-state index contributed by atoms with van der Waals surface area (Å²) in [5.74, 6) is 1.47. The van der Waals surface area contributed by atoms with Crippen LogP contribution in [0.5, 0.6) is 11.5 Å². The van der Waals surface area contributed by atoms with Crippen LogP contribution in [-0.2, 0) is 0 Å². The molecule has 106 valence electrons. The van der Waals surface area contributed by atoms with E-state index in [0.29, 0.717) is 5.02 Å². The second-order valence-corrected chi connectivity index (χ2v) is 5.85. The van der Waals surface area contributed by atoms with E-state index >= 15 is 0 Å². The van der Waals surface area contributed by atoms with Crippen LogP contribution < -0.4 is 15.2 Å². The zero-order valence-electron chi connectivity index (χ0n) is 11.2. The van der Waals surface area contributed by atoms with E-state index in [0.717, 1.165) is 26.2 Å². The van der Waals surface area contributed by atoms with Gasteiger partial charge in [-0.1, -0.05) is 11.6 Å². The van der Waals surface area contributed by atoms with E-state index in [4.69, 9.17) is 26.8 Å². The second kappa shape index (κ2) is 6.65. The molecule has 5 heteroatoms. The molecule has 0 amide bonds. The summed E-state index contributed by atoms with van der Waals surface area (Å²) < 4.78 is 11.7. The lowest BCUT2D eigenvalue weighted by atomic mass is 9.98. The topological polar surface area (TPSA) is 44.5 Å². The maximum absolute atomic E-state index is 6.39. The maximum atomic E-state index is 6.39. The Labute approximate surface area is 137 Å². The van der Waals surface area contributed by atoms with Crippen molar-refractivity contribution in [2.24, 2.45) is 5.73 Å². The smallest absolute Gasteiger partial charge is 0.124 e. The first-order chi connectivity index (χ1) is 9.56. The summed E-state index contributed by atoms with van der Waals surface area (Å²) in [4.78, 5) is 0. The molecule has 0 fully saturated rings. The van der Waals surface area contributed by atoms with Gasteiger partial charge < -0.3 is 15.2 Å². The highest BCUT2D eigenvalue weighted by molar-refractivity contribution is 14.1. The van der Waals surface area contributed by atoms with Crippen molar-refractivity contribution in [1.82, 2.24) is 0 Å². The molecule has 1 atom stereocenters. The average Bonchev–Trinajstić information content (AvgIpc) is 2.48. The normalized spacial score (nSPS) is 12.1. The first-order valence-electron chi connectivity index (χ1n) is 5.99. The molecule has 0 radical (unpaired) electrons. The van der Waals surface area contributed by atoms with Gasteiger partial charge >= 0.3 is 0 Å². The van der Waals surface area contributed by atoms with Crippen molar-refractivity contribution < 1.29 is 9.47 Å². The molecule has 2 aromatic rings. The molecule has 2 aromatic carbocycles. The molecule has 0 aromatic heterocycles. The SMILES string of the molecule is COc1ccc(OC)c(C(N)c2cc(Cl)ccc2I)c1. The highest BCUT2D eigenvalue weighted by Crippen LogP contribution is 2.34. The minimum absolute atomic E-state index is 0.328. The Bertz CT molecular complexity index is 619. The Morgan fingerprint density at radius 2 is 1.80 bits per heavy atom. The summed E-state index contributed by atoms with van der Waals surface area (Å²) in [5, 5.41) is 0.665. The van der Waals surface area contributed by atoms with E-state index < -0.39 is 0 Å². The molecule has 2 rings (SSSR count). The Kier molecular flexibility index (Phi) is 5.12. The summed E-state index contributed by atoms with van der Waals surface area (Å²) in [6.45, 7) is 0. The molecule has 0 saturated heterocycles. The number of rotatable bonds is 4. The van der Waals surface area contributed by atoms with Gasteiger partial charge in [0.15, 0.2) is 0 Å². The van der Waals surface area contributed by atoms with Crippen molar-refractivity contribution in [3.63, 3.8) is 0 Å². The molecule has 0 aliphatic heterocycles. The lowest BCUT2D eigenvalue weighted by Gasteiger charge is -2.18. The molecular weight excluding hydrogens is 389 g/mol. The maximum Gasteiger partial charge on any atom is 0.124 e. The van der Waals surface area contributed by atoms with Gasteiger partial charge in [-0.15, -0.1) is 0 Å². The van der Waals surface area contributed by atoms with Crippen LogP contribution in [0.1, 0.15) is 17.2 Å². The van der Waals surface area contributed by atoms with Crippen LogP contribution in [0.4, 0.5) is 0 Å². The van der Waals surface area contributed by atoms with Crippen LogP contribution in [0, 0.1) is 3.57 Å². The standard InChI is InChI=1S/C15H15ClINO2/c1-19-10-4-6-14(20-2)12(8-10)15(18)11-7-9(16)3-5-13(11)17/h3-8,15H,18H2,1-2H3. The number of benzene rings is 2. The van der Waals surface area contributed by atoms with Crippen LogP contribution in [0.15, 0.2) is 36.4 Å². The quantitative estimate of drug-likeness (QED) is 0.785. The average molecular weight is 404 g/mol. The summed E-state index contributed by atoms with van der Waals surface area (Å²) in [5.41, 5.74) is 8.22. The van der Waals surface area contributed by atoms with E-state index in [2.05, 4.69) is 22.6 Å². The number of ether oxygens (including phenoxy) is 2. The minimum Gasteiger partial charge on any atom is -0.497 e. The summed E-state index contributed by atoms with van der Waals surface area (Å²) in [6.07, 6.45) is 0. The summed E-state index contributed by atoms with van der Waals surface area (Å²) >= 11 is 8.32. The van der Waals surface area contributed by atoms with Crippen molar-refractivity contribution in [2.75, 3.05) is 14.2 Å². The molecule has 0 bridgehead atoms. The molecule has 0 aliphatic carbocycles. The van der Waals surface area contributed by atoms with Crippen molar-refractivity contribution >= 4 is 34.2 Å². The van der Waals surface area contributed by atoms with Gasteiger partial charge in [0.1, 0.15) is 11.5 Å². The molecule has 3 nitrogen and oxygen atoms in total. The summed E-state index contributed by atoms with van der Waals surface area (Å²) in [6, 6.07) is 10.9. The van der Waals surface area contributed by atoms with Gasteiger partial charge in [-0.25, -0.2) is 0 Å². The minimum atomic E-state index is -0.328. The van der Waals surface area contributed by atoms with E-state index in [-0.39, 0.29) is 6.04 Å². The molecule has 2 N–H and O–H groups in total. The first kappa shape index (κ1) is 15.4. The third-order valence-corrected chi connectivity index (χ3v) is 4.28. The van der Waals surface area contributed by atoms with Gasteiger partial charge in [0.05, 0.1) is 20.3 Å². The highest BCUT2D eigenvalue weighted by Gasteiger charge is 2.18. The lowest BCUT2D eigenvalue weighted by molar-refractivity contribution is 0.397. The van der Waals surface area contributed by atoms with Gasteiger partial charge in [0.2, 0.25) is 0 Å². The number of nitrogens with two attached hydrogens (primary N) is 1. The molecule has 0 heterocycles. The lowest BCUT2D eigenvalue weighted by Crippen LogP contribution is -2.14. The fourth-order valence-electron chi connectivity index (χ4n) is 2.00. The molecule has 0 spiro atoms. The van der Waals surface area contributed by atoms with Crippen molar-refractivity contribution in [2.45, 2.75) is 6.04 Å². The zero-order valence-corrected chi connectivity index (χ0v) is 14.1. The van der Waals surface area contributed by atoms with Crippen LogP contribution in [0.25, 0.3) is 0 Å². The Morgan fingerprint density at radius 3 is 2.45 bits per heavy atom. The summed E-state index contributed by atoms with van der Waals surface area (Å²) in [7, 11) is 3.25. The third kappa shape index (κ3) is 3.19. The predicted molar refractivity (Wildman–Crippen MR) is 89.7 cm³/mol. The Morgan fingerprint density at radius 1 is 1.05 bits per heavy atom.